The van der Waals surface area contributed by atoms with Gasteiger partial charge in [-0.25, -0.2) is 4.98 Å². The molecule has 0 amide bonds. The number of rotatable bonds is 8. The summed E-state index contributed by atoms with van der Waals surface area (Å²) in [5, 5.41) is 0.939. The fourth-order valence-corrected chi connectivity index (χ4v) is 2.76. The van der Waals surface area contributed by atoms with Gasteiger partial charge in [-0.3, -0.25) is 0 Å². The van der Waals surface area contributed by atoms with Crippen LogP contribution in [0.5, 0.6) is 5.88 Å². The molecule has 0 fully saturated rings. The summed E-state index contributed by atoms with van der Waals surface area (Å²) in [4.78, 5) is 10.6. The normalized spacial score (nSPS) is 11.1. The number of hydrogen-bond acceptors (Lipinski definition) is 6. The van der Waals surface area contributed by atoms with E-state index in [0.717, 1.165) is 36.1 Å². The quantitative estimate of drug-likeness (QED) is 0.758. The van der Waals surface area contributed by atoms with Crippen LogP contribution >= 0.6 is 11.3 Å². The van der Waals surface area contributed by atoms with Crippen molar-refractivity contribution in [2.24, 2.45) is 0 Å². The van der Waals surface area contributed by atoms with Gasteiger partial charge in [-0.2, -0.15) is 4.98 Å². The van der Waals surface area contributed by atoms with Gasteiger partial charge < -0.3 is 15.2 Å². The molecule has 6 heteroatoms. The van der Waals surface area contributed by atoms with Crippen molar-refractivity contribution in [2.45, 2.75) is 33.1 Å². The minimum Gasteiger partial charge on any atom is -0.475 e. The Bertz CT molecular complexity index is 557. The molecule has 20 heavy (non-hydrogen) atoms. The van der Waals surface area contributed by atoms with Gasteiger partial charge in [0.1, 0.15) is 11.4 Å². The van der Waals surface area contributed by atoms with Gasteiger partial charge in [0, 0.05) is 11.5 Å². The summed E-state index contributed by atoms with van der Waals surface area (Å²) in [5.74, 6) is 0.812. The molecule has 5 nitrogen and oxygen atoms in total. The minimum absolute atomic E-state index is 0.254. The van der Waals surface area contributed by atoms with Crippen molar-refractivity contribution in [3.63, 3.8) is 0 Å². The van der Waals surface area contributed by atoms with E-state index in [2.05, 4.69) is 29.9 Å². The third-order valence-electron chi connectivity index (χ3n) is 2.88. The number of unbranched alkanes of at least 4 members (excludes halogenated alkanes) is 1. The highest BCUT2D eigenvalue weighted by molar-refractivity contribution is 7.18. The maximum Gasteiger partial charge on any atom is 0.227 e. The molecule has 0 radical (unpaired) electrons. The average molecular weight is 295 g/mol. The molecule has 0 atom stereocenters. The van der Waals surface area contributed by atoms with Gasteiger partial charge in [0.2, 0.25) is 11.8 Å². The summed E-state index contributed by atoms with van der Waals surface area (Å²) in [6.07, 6.45) is 3.19. The monoisotopic (exact) mass is 295 g/mol. The average Bonchev–Trinajstić information content (AvgIpc) is 2.85. The van der Waals surface area contributed by atoms with Crippen LogP contribution in [0.2, 0.25) is 0 Å². The standard InChI is InChI=1S/C14H21N3O2S/c1-3-5-6-18-7-8-19-12-11-9-10(4-2)20-13(11)17-14(15)16-12/h9H,3-8H2,1-2H3,(H2,15,16,17). The van der Waals surface area contributed by atoms with Crippen LogP contribution in [0.25, 0.3) is 10.2 Å². The number of thiophene rings is 1. The smallest absolute Gasteiger partial charge is 0.227 e. The molecule has 2 aromatic rings. The predicted octanol–water partition coefficient (Wildman–Crippen LogP) is 3.03. The highest BCUT2D eigenvalue weighted by atomic mass is 32.1. The Morgan fingerprint density at radius 2 is 2.05 bits per heavy atom. The minimum atomic E-state index is 0.254. The van der Waals surface area contributed by atoms with Crippen LogP contribution in [0.3, 0.4) is 0 Å². The number of anilines is 1. The molecular formula is C14H21N3O2S. The summed E-state index contributed by atoms with van der Waals surface area (Å²) in [5.41, 5.74) is 5.72. The molecule has 0 aromatic carbocycles. The number of fused-ring (bicyclic) bond motifs is 1. The Morgan fingerprint density at radius 1 is 1.20 bits per heavy atom. The lowest BCUT2D eigenvalue weighted by Crippen LogP contribution is -2.09. The molecule has 0 unspecified atom stereocenters. The van der Waals surface area contributed by atoms with Crippen molar-refractivity contribution in [3.05, 3.63) is 10.9 Å². The van der Waals surface area contributed by atoms with E-state index in [1.807, 2.05) is 0 Å². The lowest BCUT2D eigenvalue weighted by Gasteiger charge is -2.07. The lowest BCUT2D eigenvalue weighted by molar-refractivity contribution is 0.0971. The van der Waals surface area contributed by atoms with Crippen LogP contribution in [0.15, 0.2) is 6.07 Å². The zero-order valence-electron chi connectivity index (χ0n) is 12.0. The Morgan fingerprint density at radius 3 is 2.80 bits per heavy atom. The van der Waals surface area contributed by atoms with Gasteiger partial charge in [0.15, 0.2) is 0 Å². The second kappa shape index (κ2) is 7.40. The molecular weight excluding hydrogens is 274 g/mol. The third-order valence-corrected chi connectivity index (χ3v) is 4.06. The van der Waals surface area contributed by atoms with Gasteiger partial charge >= 0.3 is 0 Å². The van der Waals surface area contributed by atoms with E-state index in [1.54, 1.807) is 11.3 Å². The molecule has 0 aliphatic carbocycles. The first-order valence-corrected chi connectivity index (χ1v) is 7.82. The van der Waals surface area contributed by atoms with E-state index in [0.29, 0.717) is 19.1 Å². The fourth-order valence-electron chi connectivity index (χ4n) is 1.79. The van der Waals surface area contributed by atoms with Crippen molar-refractivity contribution in [2.75, 3.05) is 25.6 Å². The molecule has 0 saturated carbocycles. The first-order chi connectivity index (χ1) is 9.74. The largest absolute Gasteiger partial charge is 0.475 e. The van der Waals surface area contributed by atoms with Crippen LogP contribution in [0, 0.1) is 0 Å². The highest BCUT2D eigenvalue weighted by Crippen LogP contribution is 2.31. The molecule has 110 valence electrons. The number of ether oxygens (including phenoxy) is 2. The van der Waals surface area contributed by atoms with Crippen molar-refractivity contribution in [3.8, 4) is 5.88 Å². The summed E-state index contributed by atoms with van der Waals surface area (Å²) < 4.78 is 11.2. The van der Waals surface area contributed by atoms with Crippen LogP contribution in [0.1, 0.15) is 31.6 Å². The molecule has 0 saturated heterocycles. The molecule has 0 spiro atoms. The maximum atomic E-state index is 5.72. The maximum absolute atomic E-state index is 5.72. The summed E-state index contributed by atoms with van der Waals surface area (Å²) in [7, 11) is 0. The van der Waals surface area contributed by atoms with Crippen molar-refractivity contribution >= 4 is 27.5 Å². The molecule has 0 aliphatic rings. The van der Waals surface area contributed by atoms with E-state index in [9.17, 15) is 0 Å². The van der Waals surface area contributed by atoms with Crippen LogP contribution in [0.4, 0.5) is 5.95 Å². The van der Waals surface area contributed by atoms with Gasteiger partial charge in [-0.15, -0.1) is 11.3 Å². The predicted molar refractivity (Wildman–Crippen MR) is 82.4 cm³/mol. The zero-order chi connectivity index (χ0) is 14.4. The van der Waals surface area contributed by atoms with Crippen molar-refractivity contribution < 1.29 is 9.47 Å². The lowest BCUT2D eigenvalue weighted by atomic mass is 10.3. The second-order valence-corrected chi connectivity index (χ2v) is 5.60. The number of hydrogen-bond donors (Lipinski definition) is 1. The van der Waals surface area contributed by atoms with E-state index in [4.69, 9.17) is 15.2 Å². The van der Waals surface area contributed by atoms with Gasteiger partial charge in [0.25, 0.3) is 0 Å². The zero-order valence-corrected chi connectivity index (χ0v) is 12.8. The Kier molecular flexibility index (Phi) is 5.55. The number of nitrogens with two attached hydrogens (primary N) is 1. The first-order valence-electron chi connectivity index (χ1n) is 7.01. The first kappa shape index (κ1) is 15.0. The van der Waals surface area contributed by atoms with Gasteiger partial charge in [-0.1, -0.05) is 20.3 Å². The molecule has 2 N–H and O–H groups in total. The molecule has 0 bridgehead atoms. The van der Waals surface area contributed by atoms with E-state index in [1.165, 1.54) is 4.88 Å². The molecule has 2 heterocycles. The Hall–Kier alpha value is -1.40. The molecule has 0 aliphatic heterocycles. The summed E-state index contributed by atoms with van der Waals surface area (Å²) in [6.45, 7) is 6.08. The number of nitrogen functional groups attached to an aromatic ring is 1. The number of nitrogens with zero attached hydrogens (tertiary/aromatic N) is 2. The van der Waals surface area contributed by atoms with Crippen LogP contribution < -0.4 is 10.5 Å². The van der Waals surface area contributed by atoms with E-state index >= 15 is 0 Å². The Labute approximate surface area is 123 Å². The summed E-state index contributed by atoms with van der Waals surface area (Å²) in [6, 6.07) is 2.08. The number of aryl methyl sites for hydroxylation is 1. The second-order valence-electron chi connectivity index (χ2n) is 4.49. The SMILES string of the molecule is CCCCOCCOc1nc(N)nc2sc(CC)cc12. The van der Waals surface area contributed by atoms with E-state index in [-0.39, 0.29) is 5.95 Å². The third kappa shape index (κ3) is 3.80. The molecule has 2 rings (SSSR count). The topological polar surface area (TPSA) is 70.3 Å². The Balaban J connectivity index is 1.99. The van der Waals surface area contributed by atoms with E-state index < -0.39 is 0 Å². The van der Waals surface area contributed by atoms with Gasteiger partial charge in [-0.05, 0) is 18.9 Å². The van der Waals surface area contributed by atoms with Gasteiger partial charge in [0.05, 0.1) is 12.0 Å². The van der Waals surface area contributed by atoms with Crippen molar-refractivity contribution in [1.82, 2.24) is 9.97 Å². The molecule has 2 aromatic heterocycles. The highest BCUT2D eigenvalue weighted by Gasteiger charge is 2.11. The van der Waals surface area contributed by atoms with Crippen molar-refractivity contribution in [1.29, 1.82) is 0 Å². The number of aromatic nitrogens is 2. The summed E-state index contributed by atoms with van der Waals surface area (Å²) >= 11 is 1.63. The van der Waals surface area contributed by atoms with Crippen LogP contribution in [-0.4, -0.2) is 29.8 Å². The fraction of sp³-hybridized carbons (Fsp3) is 0.571. The van der Waals surface area contributed by atoms with Crippen LogP contribution in [-0.2, 0) is 11.2 Å².